The molecular formula is C20H14FN3O. The Balaban J connectivity index is 1.85. The van der Waals surface area contributed by atoms with E-state index >= 15 is 0 Å². The third kappa shape index (κ3) is 4.27. The molecule has 2 aromatic heterocycles. The van der Waals surface area contributed by atoms with Gasteiger partial charge in [0.1, 0.15) is 11.5 Å². The van der Waals surface area contributed by atoms with E-state index in [9.17, 15) is 9.18 Å². The van der Waals surface area contributed by atoms with Gasteiger partial charge in [0.25, 0.3) is 5.91 Å². The topological polar surface area (TPSA) is 54.9 Å². The molecule has 0 aliphatic heterocycles. The Morgan fingerprint density at radius 3 is 2.76 bits per heavy atom. The zero-order valence-electron chi connectivity index (χ0n) is 13.5. The van der Waals surface area contributed by atoms with Crippen molar-refractivity contribution in [2.75, 3.05) is 5.32 Å². The van der Waals surface area contributed by atoms with E-state index in [0.717, 1.165) is 5.69 Å². The van der Waals surface area contributed by atoms with E-state index < -0.39 is 11.7 Å². The van der Waals surface area contributed by atoms with Crippen molar-refractivity contribution in [2.45, 2.75) is 6.92 Å². The van der Waals surface area contributed by atoms with Crippen LogP contribution in [-0.2, 0) is 0 Å². The molecule has 0 spiro atoms. The van der Waals surface area contributed by atoms with E-state index in [1.165, 1.54) is 24.4 Å². The number of anilines is 1. The summed E-state index contributed by atoms with van der Waals surface area (Å²) in [4.78, 5) is 20.5. The molecule has 0 aliphatic carbocycles. The molecule has 2 heterocycles. The second-order valence-corrected chi connectivity index (χ2v) is 5.30. The molecule has 4 nitrogen and oxygen atoms in total. The predicted molar refractivity (Wildman–Crippen MR) is 93.5 cm³/mol. The summed E-state index contributed by atoms with van der Waals surface area (Å²) in [6.45, 7) is 1.88. The lowest BCUT2D eigenvalue weighted by Crippen LogP contribution is -2.14. The minimum absolute atomic E-state index is 0.0761. The molecule has 0 unspecified atom stereocenters. The molecule has 0 fully saturated rings. The fraction of sp³-hybridized carbons (Fsp3) is 0.0500. The summed E-state index contributed by atoms with van der Waals surface area (Å²) in [5.74, 6) is 4.65. The third-order valence-electron chi connectivity index (χ3n) is 3.35. The number of carbonyl (C=O) groups is 1. The van der Waals surface area contributed by atoms with E-state index in [1.54, 1.807) is 24.4 Å². The molecular weight excluding hydrogens is 317 g/mol. The average molecular weight is 331 g/mol. The molecule has 0 radical (unpaired) electrons. The molecule has 3 rings (SSSR count). The van der Waals surface area contributed by atoms with Crippen molar-refractivity contribution in [3.63, 3.8) is 0 Å². The first-order chi connectivity index (χ1) is 12.1. The van der Waals surface area contributed by atoms with E-state index in [2.05, 4.69) is 27.1 Å². The van der Waals surface area contributed by atoms with Crippen LogP contribution in [0.4, 0.5) is 10.1 Å². The number of nitrogens with zero attached hydrogens (tertiary/aromatic N) is 2. The Morgan fingerprint density at radius 1 is 1.12 bits per heavy atom. The number of nitrogens with one attached hydrogen (secondary N) is 1. The third-order valence-corrected chi connectivity index (χ3v) is 3.35. The number of carbonyl (C=O) groups excluding carboxylic acids is 1. The van der Waals surface area contributed by atoms with Crippen molar-refractivity contribution in [3.8, 4) is 11.8 Å². The molecule has 122 valence electrons. The maximum Gasteiger partial charge on any atom is 0.258 e. The summed E-state index contributed by atoms with van der Waals surface area (Å²) >= 11 is 0. The van der Waals surface area contributed by atoms with E-state index in [1.807, 2.05) is 19.1 Å². The fourth-order valence-electron chi connectivity index (χ4n) is 2.16. The lowest BCUT2D eigenvalue weighted by atomic mass is 10.1. The molecule has 1 aromatic carbocycles. The van der Waals surface area contributed by atoms with Crippen LogP contribution in [0.15, 0.2) is 60.9 Å². The van der Waals surface area contributed by atoms with Gasteiger partial charge in [0, 0.05) is 17.5 Å². The normalized spacial score (nSPS) is 9.84. The van der Waals surface area contributed by atoms with Crippen LogP contribution in [0, 0.1) is 24.6 Å². The Morgan fingerprint density at radius 2 is 2.00 bits per heavy atom. The summed E-state index contributed by atoms with van der Waals surface area (Å²) in [6.07, 6.45) is 3.08. The summed E-state index contributed by atoms with van der Waals surface area (Å²) < 4.78 is 14.0. The average Bonchev–Trinajstić information content (AvgIpc) is 2.62. The van der Waals surface area contributed by atoms with Gasteiger partial charge in [0.2, 0.25) is 0 Å². The Bertz CT molecular complexity index is 975. The van der Waals surface area contributed by atoms with Gasteiger partial charge < -0.3 is 5.32 Å². The van der Waals surface area contributed by atoms with Gasteiger partial charge in [-0.25, -0.2) is 9.37 Å². The number of pyridine rings is 2. The van der Waals surface area contributed by atoms with Crippen molar-refractivity contribution in [3.05, 3.63) is 89.3 Å². The van der Waals surface area contributed by atoms with Crippen LogP contribution >= 0.6 is 0 Å². The molecule has 0 aliphatic rings. The zero-order chi connectivity index (χ0) is 17.6. The monoisotopic (exact) mass is 331 g/mol. The van der Waals surface area contributed by atoms with Crippen LogP contribution in [0.1, 0.15) is 27.3 Å². The summed E-state index contributed by atoms with van der Waals surface area (Å²) in [6, 6.07) is 13.1. The van der Waals surface area contributed by atoms with Crippen LogP contribution < -0.4 is 5.32 Å². The molecule has 1 N–H and O–H groups in total. The standard InChI is InChI=1S/C20H14FN3O/c1-14-4-2-5-16(23-14)9-7-15-8-10-19(21)18(12-15)20(25)24-17-6-3-11-22-13-17/h2-6,8,10-13H,1H3,(H,24,25). The highest BCUT2D eigenvalue weighted by molar-refractivity contribution is 6.04. The van der Waals surface area contributed by atoms with Crippen molar-refractivity contribution in [1.82, 2.24) is 9.97 Å². The maximum atomic E-state index is 14.0. The minimum atomic E-state index is -0.611. The smallest absolute Gasteiger partial charge is 0.258 e. The zero-order valence-corrected chi connectivity index (χ0v) is 13.5. The van der Waals surface area contributed by atoms with Gasteiger partial charge in [-0.1, -0.05) is 12.0 Å². The number of rotatable bonds is 2. The molecule has 3 aromatic rings. The number of halogens is 1. The Hall–Kier alpha value is -3.52. The van der Waals surface area contributed by atoms with Gasteiger partial charge in [-0.3, -0.25) is 9.78 Å². The number of hydrogen-bond acceptors (Lipinski definition) is 3. The molecule has 0 saturated heterocycles. The van der Waals surface area contributed by atoms with Crippen molar-refractivity contribution in [1.29, 1.82) is 0 Å². The highest BCUT2D eigenvalue weighted by atomic mass is 19.1. The van der Waals surface area contributed by atoms with E-state index in [4.69, 9.17) is 0 Å². The van der Waals surface area contributed by atoms with Gasteiger partial charge >= 0.3 is 0 Å². The summed E-state index contributed by atoms with van der Waals surface area (Å²) in [5.41, 5.74) is 2.43. The minimum Gasteiger partial charge on any atom is -0.320 e. The van der Waals surface area contributed by atoms with Gasteiger partial charge in [-0.05, 0) is 55.3 Å². The highest BCUT2D eigenvalue weighted by Gasteiger charge is 2.12. The molecule has 0 saturated carbocycles. The van der Waals surface area contributed by atoms with Crippen LogP contribution in [0.3, 0.4) is 0 Å². The second-order valence-electron chi connectivity index (χ2n) is 5.30. The largest absolute Gasteiger partial charge is 0.320 e. The lowest BCUT2D eigenvalue weighted by molar-refractivity contribution is 0.102. The first kappa shape index (κ1) is 16.3. The highest BCUT2D eigenvalue weighted by Crippen LogP contribution is 2.13. The van der Waals surface area contributed by atoms with E-state index in [0.29, 0.717) is 16.9 Å². The lowest BCUT2D eigenvalue weighted by Gasteiger charge is -2.06. The van der Waals surface area contributed by atoms with E-state index in [-0.39, 0.29) is 5.56 Å². The number of benzene rings is 1. The number of aryl methyl sites for hydroxylation is 1. The van der Waals surface area contributed by atoms with Crippen molar-refractivity contribution >= 4 is 11.6 Å². The van der Waals surface area contributed by atoms with Crippen molar-refractivity contribution < 1.29 is 9.18 Å². The van der Waals surface area contributed by atoms with Gasteiger partial charge in [-0.15, -0.1) is 0 Å². The summed E-state index contributed by atoms with van der Waals surface area (Å²) in [7, 11) is 0. The van der Waals surface area contributed by atoms with Crippen LogP contribution in [0.5, 0.6) is 0 Å². The molecule has 1 amide bonds. The Labute approximate surface area is 144 Å². The number of amides is 1. The van der Waals surface area contributed by atoms with Gasteiger partial charge in [-0.2, -0.15) is 0 Å². The maximum absolute atomic E-state index is 14.0. The van der Waals surface area contributed by atoms with Crippen LogP contribution in [0.25, 0.3) is 0 Å². The number of hydrogen-bond donors (Lipinski definition) is 1. The van der Waals surface area contributed by atoms with Gasteiger partial charge in [0.05, 0.1) is 17.4 Å². The fourth-order valence-corrected chi connectivity index (χ4v) is 2.16. The quantitative estimate of drug-likeness (QED) is 0.730. The van der Waals surface area contributed by atoms with Crippen LogP contribution in [-0.4, -0.2) is 15.9 Å². The molecule has 0 bridgehead atoms. The first-order valence-corrected chi connectivity index (χ1v) is 7.58. The summed E-state index contributed by atoms with van der Waals surface area (Å²) in [5, 5.41) is 2.61. The molecule has 0 atom stereocenters. The van der Waals surface area contributed by atoms with Crippen molar-refractivity contribution in [2.24, 2.45) is 0 Å². The SMILES string of the molecule is Cc1cccc(C#Cc2ccc(F)c(C(=O)Nc3cccnc3)c2)n1. The molecule has 25 heavy (non-hydrogen) atoms. The predicted octanol–water partition coefficient (Wildman–Crippen LogP) is 3.58. The van der Waals surface area contributed by atoms with Gasteiger partial charge in [0.15, 0.2) is 0 Å². The first-order valence-electron chi connectivity index (χ1n) is 7.58. The second kappa shape index (κ2) is 7.37. The molecule has 5 heteroatoms. The number of aromatic nitrogens is 2. The Kier molecular flexibility index (Phi) is 4.82. The van der Waals surface area contributed by atoms with Crippen LogP contribution in [0.2, 0.25) is 0 Å².